The zero-order chi connectivity index (χ0) is 23.5. The molecule has 1 saturated heterocycles. The third-order valence-corrected chi connectivity index (χ3v) is 6.25. The molecule has 10 heteroatoms. The van der Waals surface area contributed by atoms with E-state index in [0.717, 1.165) is 50.5 Å². The highest BCUT2D eigenvalue weighted by Crippen LogP contribution is 2.18. The van der Waals surface area contributed by atoms with E-state index in [-0.39, 0.29) is 11.9 Å². The van der Waals surface area contributed by atoms with Crippen LogP contribution in [0.5, 0.6) is 0 Å². The fraction of sp³-hybridized carbons (Fsp3) is 0.522. The maximum Gasteiger partial charge on any atom is 0.322 e. The molecule has 1 aromatic heterocycles. The highest BCUT2D eigenvalue weighted by Gasteiger charge is 2.19. The lowest BCUT2D eigenvalue weighted by Gasteiger charge is -2.26. The molecular weight excluding hydrogens is 442 g/mol. The van der Waals surface area contributed by atoms with Crippen molar-refractivity contribution < 1.29 is 19.1 Å². The number of carbonyl (C=O) groups excluding carboxylic acids is 2. The van der Waals surface area contributed by atoms with Gasteiger partial charge in [-0.3, -0.25) is 9.69 Å². The van der Waals surface area contributed by atoms with Crippen LogP contribution in [0, 0.1) is 0 Å². The summed E-state index contributed by atoms with van der Waals surface area (Å²) in [4.78, 5) is 33.8. The summed E-state index contributed by atoms with van der Waals surface area (Å²) in [6, 6.07) is 7.53. The van der Waals surface area contributed by atoms with Gasteiger partial charge in [-0.15, -0.1) is 11.3 Å². The number of aromatic nitrogens is 1. The van der Waals surface area contributed by atoms with Gasteiger partial charge < -0.3 is 25.0 Å². The molecule has 3 rings (SSSR count). The SMILES string of the molecule is CCc1ccccc1NC(=O)N(CCOC)Cc1nc(C(=O)NCCN2CCOCC2)cs1. The number of anilines is 1. The molecule has 0 atom stereocenters. The Morgan fingerprint density at radius 3 is 2.82 bits per heavy atom. The minimum atomic E-state index is -0.223. The largest absolute Gasteiger partial charge is 0.383 e. The second-order valence-electron chi connectivity index (χ2n) is 7.69. The number of nitrogens with one attached hydrogen (secondary N) is 2. The summed E-state index contributed by atoms with van der Waals surface area (Å²) in [5.74, 6) is -0.199. The number of methoxy groups -OCH3 is 1. The van der Waals surface area contributed by atoms with Crippen LogP contribution in [0.15, 0.2) is 29.6 Å². The molecule has 2 heterocycles. The lowest BCUT2D eigenvalue weighted by Crippen LogP contribution is -2.41. The maximum absolute atomic E-state index is 13.0. The molecule has 1 aliphatic rings. The van der Waals surface area contributed by atoms with Crippen molar-refractivity contribution in [3.05, 3.63) is 45.9 Å². The highest BCUT2D eigenvalue weighted by atomic mass is 32.1. The average molecular weight is 476 g/mol. The van der Waals surface area contributed by atoms with Gasteiger partial charge in [-0.2, -0.15) is 0 Å². The van der Waals surface area contributed by atoms with Crippen LogP contribution in [0.25, 0.3) is 0 Å². The molecule has 0 aliphatic carbocycles. The average Bonchev–Trinajstić information content (AvgIpc) is 3.31. The van der Waals surface area contributed by atoms with Crippen LogP contribution < -0.4 is 10.6 Å². The van der Waals surface area contributed by atoms with Gasteiger partial charge in [0.05, 0.1) is 26.4 Å². The molecule has 1 fully saturated rings. The second-order valence-corrected chi connectivity index (χ2v) is 8.63. The Bertz CT molecular complexity index is 900. The van der Waals surface area contributed by atoms with Gasteiger partial charge in [0.1, 0.15) is 10.7 Å². The predicted octanol–water partition coefficient (Wildman–Crippen LogP) is 2.45. The number of urea groups is 1. The third-order valence-electron chi connectivity index (χ3n) is 5.42. The molecule has 1 aromatic carbocycles. The Hall–Kier alpha value is -2.53. The van der Waals surface area contributed by atoms with Crippen LogP contribution in [0.4, 0.5) is 10.5 Å². The van der Waals surface area contributed by atoms with Crippen LogP contribution in [0.3, 0.4) is 0 Å². The van der Waals surface area contributed by atoms with Crippen LogP contribution in [0.2, 0.25) is 0 Å². The molecule has 3 amide bonds. The van der Waals surface area contributed by atoms with Crippen molar-refractivity contribution in [3.63, 3.8) is 0 Å². The number of ether oxygens (including phenoxy) is 2. The first-order chi connectivity index (χ1) is 16.1. The monoisotopic (exact) mass is 475 g/mol. The first kappa shape index (κ1) is 25.1. The fourth-order valence-electron chi connectivity index (χ4n) is 3.49. The van der Waals surface area contributed by atoms with Crippen LogP contribution in [-0.4, -0.2) is 86.4 Å². The third kappa shape index (κ3) is 7.78. The molecule has 9 nitrogen and oxygen atoms in total. The molecule has 1 aliphatic heterocycles. The number of amides is 3. The van der Waals surface area contributed by atoms with Crippen molar-refractivity contribution in [2.75, 3.05) is 65.0 Å². The molecule has 0 spiro atoms. The molecule has 2 aromatic rings. The van der Waals surface area contributed by atoms with E-state index in [1.807, 2.05) is 24.3 Å². The van der Waals surface area contributed by atoms with E-state index in [0.29, 0.717) is 36.9 Å². The predicted molar refractivity (Wildman–Crippen MR) is 129 cm³/mol. The molecule has 2 N–H and O–H groups in total. The minimum absolute atomic E-state index is 0.199. The first-order valence-electron chi connectivity index (χ1n) is 11.3. The van der Waals surface area contributed by atoms with Crippen molar-refractivity contribution in [2.24, 2.45) is 0 Å². The Morgan fingerprint density at radius 2 is 2.06 bits per heavy atom. The standard InChI is InChI=1S/C23H33N5O4S/c1-3-18-6-4-5-7-19(18)26-23(30)28(12-13-31-2)16-21-25-20(17-33-21)22(29)24-8-9-27-10-14-32-15-11-27/h4-7,17H,3,8-16H2,1-2H3,(H,24,29)(H,26,30). The first-order valence-corrected chi connectivity index (χ1v) is 12.1. The number of hydrogen-bond acceptors (Lipinski definition) is 7. The molecular formula is C23H33N5O4S. The van der Waals surface area contributed by atoms with E-state index in [4.69, 9.17) is 9.47 Å². The number of para-hydroxylation sites is 1. The summed E-state index contributed by atoms with van der Waals surface area (Å²) in [5, 5.41) is 8.35. The number of aryl methyl sites for hydroxylation is 1. The number of thiazole rings is 1. The van der Waals surface area contributed by atoms with Gasteiger partial charge in [0.2, 0.25) is 0 Å². The van der Waals surface area contributed by atoms with Crippen molar-refractivity contribution in [3.8, 4) is 0 Å². The van der Waals surface area contributed by atoms with E-state index in [1.54, 1.807) is 17.4 Å². The molecule has 0 bridgehead atoms. The van der Waals surface area contributed by atoms with Gasteiger partial charge in [0.15, 0.2) is 0 Å². The molecule has 0 unspecified atom stereocenters. The summed E-state index contributed by atoms with van der Waals surface area (Å²) in [7, 11) is 1.60. The van der Waals surface area contributed by atoms with E-state index in [2.05, 4.69) is 27.4 Å². The Morgan fingerprint density at radius 1 is 1.27 bits per heavy atom. The normalized spacial score (nSPS) is 14.1. The number of rotatable bonds is 11. The number of benzene rings is 1. The molecule has 0 radical (unpaired) electrons. The highest BCUT2D eigenvalue weighted by molar-refractivity contribution is 7.09. The van der Waals surface area contributed by atoms with Crippen molar-refractivity contribution in [1.29, 1.82) is 0 Å². The van der Waals surface area contributed by atoms with Gasteiger partial charge in [-0.05, 0) is 18.1 Å². The van der Waals surface area contributed by atoms with Crippen LogP contribution >= 0.6 is 11.3 Å². The minimum Gasteiger partial charge on any atom is -0.383 e. The smallest absolute Gasteiger partial charge is 0.322 e. The van der Waals surface area contributed by atoms with E-state index >= 15 is 0 Å². The summed E-state index contributed by atoms with van der Waals surface area (Å²) in [5.41, 5.74) is 2.25. The van der Waals surface area contributed by atoms with Crippen LogP contribution in [0.1, 0.15) is 28.0 Å². The molecule has 0 saturated carbocycles. The fourth-order valence-corrected chi connectivity index (χ4v) is 4.28. The topological polar surface area (TPSA) is 96.0 Å². The lowest BCUT2D eigenvalue weighted by molar-refractivity contribution is 0.0383. The zero-order valence-corrected chi connectivity index (χ0v) is 20.2. The van der Waals surface area contributed by atoms with Gasteiger partial charge in [-0.1, -0.05) is 25.1 Å². The lowest BCUT2D eigenvalue weighted by atomic mass is 10.1. The summed E-state index contributed by atoms with van der Waals surface area (Å²) < 4.78 is 10.5. The zero-order valence-electron chi connectivity index (χ0n) is 19.3. The van der Waals surface area contributed by atoms with Crippen molar-refractivity contribution in [2.45, 2.75) is 19.9 Å². The summed E-state index contributed by atoms with van der Waals surface area (Å²) in [6.07, 6.45) is 0.824. The summed E-state index contributed by atoms with van der Waals surface area (Å²) >= 11 is 1.37. The van der Waals surface area contributed by atoms with E-state index in [1.165, 1.54) is 11.3 Å². The van der Waals surface area contributed by atoms with Crippen molar-refractivity contribution >= 4 is 29.0 Å². The van der Waals surface area contributed by atoms with Crippen molar-refractivity contribution in [1.82, 2.24) is 20.1 Å². The van der Waals surface area contributed by atoms with Gasteiger partial charge in [0.25, 0.3) is 5.91 Å². The number of nitrogens with zero attached hydrogens (tertiary/aromatic N) is 3. The number of morpholine rings is 1. The molecule has 180 valence electrons. The number of carbonyl (C=O) groups is 2. The quantitative estimate of drug-likeness (QED) is 0.518. The van der Waals surface area contributed by atoms with Gasteiger partial charge >= 0.3 is 6.03 Å². The Balaban J connectivity index is 1.55. The van der Waals surface area contributed by atoms with Crippen LogP contribution in [-0.2, 0) is 22.4 Å². The number of hydrogen-bond donors (Lipinski definition) is 2. The second kappa shape index (κ2) is 13.2. The van der Waals surface area contributed by atoms with Gasteiger partial charge in [0, 0.05) is 50.9 Å². The van der Waals surface area contributed by atoms with E-state index in [9.17, 15) is 9.59 Å². The van der Waals surface area contributed by atoms with Gasteiger partial charge in [-0.25, -0.2) is 9.78 Å². The van der Waals surface area contributed by atoms with E-state index < -0.39 is 0 Å². The maximum atomic E-state index is 13.0. The summed E-state index contributed by atoms with van der Waals surface area (Å²) in [6.45, 7) is 7.77. The Labute approximate surface area is 199 Å². The molecule has 33 heavy (non-hydrogen) atoms. The Kier molecular flexibility index (Phi) is 10.1.